The minimum absolute atomic E-state index is 0.0489. The summed E-state index contributed by atoms with van der Waals surface area (Å²) in [5.41, 5.74) is 2.87. The van der Waals surface area contributed by atoms with E-state index in [0.717, 1.165) is 10.5 Å². The molecule has 4 amide bonds. The summed E-state index contributed by atoms with van der Waals surface area (Å²) < 4.78 is 7.15. The summed E-state index contributed by atoms with van der Waals surface area (Å²) in [7, 11) is 0. The number of imide groups is 2. The molecule has 1 N–H and O–H groups in total. The molecule has 7 heteroatoms. The van der Waals surface area contributed by atoms with Gasteiger partial charge in [-0.15, -0.1) is 0 Å². The number of hydrogen-bond donors (Lipinski definition) is 1. The molecule has 3 aromatic rings. The zero-order valence-corrected chi connectivity index (χ0v) is 15.8. The largest absolute Gasteiger partial charge is 0.467 e. The predicted octanol–water partition coefficient (Wildman–Crippen LogP) is 3.10. The van der Waals surface area contributed by atoms with Crippen molar-refractivity contribution in [3.63, 3.8) is 0 Å². The maximum atomic E-state index is 12.8. The summed E-state index contributed by atoms with van der Waals surface area (Å²) in [5.74, 6) is -0.915. The Morgan fingerprint density at radius 1 is 1.00 bits per heavy atom. The van der Waals surface area contributed by atoms with Gasteiger partial charge in [-0.25, -0.2) is 4.79 Å². The van der Waals surface area contributed by atoms with Crippen molar-refractivity contribution in [3.05, 3.63) is 89.1 Å². The van der Waals surface area contributed by atoms with Crippen LogP contribution in [0.4, 0.5) is 4.79 Å². The molecule has 0 unspecified atom stereocenters. The van der Waals surface area contributed by atoms with Gasteiger partial charge < -0.3 is 8.98 Å². The van der Waals surface area contributed by atoms with E-state index in [1.807, 2.05) is 54.1 Å². The fourth-order valence-corrected chi connectivity index (χ4v) is 3.14. The Morgan fingerprint density at radius 3 is 2.52 bits per heavy atom. The Bertz CT molecular complexity index is 1090. The minimum Gasteiger partial charge on any atom is -0.467 e. The van der Waals surface area contributed by atoms with Crippen molar-refractivity contribution in [2.75, 3.05) is 0 Å². The third-order valence-electron chi connectivity index (χ3n) is 4.71. The summed E-state index contributed by atoms with van der Waals surface area (Å²) in [6, 6.07) is 14.4. The molecule has 1 fully saturated rings. The van der Waals surface area contributed by atoms with E-state index in [-0.39, 0.29) is 12.1 Å². The number of furan rings is 1. The number of rotatable bonds is 5. The maximum Gasteiger partial charge on any atom is 0.331 e. The molecule has 1 aliphatic heterocycles. The van der Waals surface area contributed by atoms with Crippen LogP contribution in [0.1, 0.15) is 22.6 Å². The number of amides is 4. The SMILES string of the molecule is Cc1ccc(Cn2cccc2C=C2C(=O)NC(=O)N(Cc3ccco3)C2=O)cc1. The van der Waals surface area contributed by atoms with Crippen LogP contribution in [0.15, 0.2) is 71.0 Å². The summed E-state index contributed by atoms with van der Waals surface area (Å²) in [6.45, 7) is 2.57. The van der Waals surface area contributed by atoms with E-state index in [1.165, 1.54) is 17.9 Å². The van der Waals surface area contributed by atoms with Crippen LogP contribution < -0.4 is 5.32 Å². The molecule has 0 spiro atoms. The van der Waals surface area contributed by atoms with Crippen molar-refractivity contribution < 1.29 is 18.8 Å². The highest BCUT2D eigenvalue weighted by Gasteiger charge is 2.36. The van der Waals surface area contributed by atoms with Crippen LogP contribution in [0.2, 0.25) is 0 Å². The molecule has 0 atom stereocenters. The topological polar surface area (TPSA) is 84.6 Å². The molecule has 0 bridgehead atoms. The molecule has 0 radical (unpaired) electrons. The summed E-state index contributed by atoms with van der Waals surface area (Å²) in [4.78, 5) is 38.2. The monoisotopic (exact) mass is 389 g/mol. The highest BCUT2D eigenvalue weighted by atomic mass is 16.3. The van der Waals surface area contributed by atoms with Crippen LogP contribution in [0.3, 0.4) is 0 Å². The molecule has 1 aliphatic rings. The first-order valence-corrected chi connectivity index (χ1v) is 9.13. The third kappa shape index (κ3) is 3.89. The lowest BCUT2D eigenvalue weighted by Crippen LogP contribution is -2.53. The lowest BCUT2D eigenvalue weighted by atomic mass is 10.1. The van der Waals surface area contributed by atoms with Crippen molar-refractivity contribution >= 4 is 23.9 Å². The second kappa shape index (κ2) is 7.63. The first-order valence-electron chi connectivity index (χ1n) is 9.13. The normalized spacial score (nSPS) is 15.8. The first-order chi connectivity index (χ1) is 14.0. The van der Waals surface area contributed by atoms with E-state index < -0.39 is 17.8 Å². The third-order valence-corrected chi connectivity index (χ3v) is 4.71. The average Bonchev–Trinajstić information content (AvgIpc) is 3.36. The van der Waals surface area contributed by atoms with Crippen molar-refractivity contribution in [1.82, 2.24) is 14.8 Å². The number of carbonyl (C=O) groups excluding carboxylic acids is 3. The first kappa shape index (κ1) is 18.5. The van der Waals surface area contributed by atoms with E-state index in [4.69, 9.17) is 4.42 Å². The number of hydrogen-bond acceptors (Lipinski definition) is 4. The second-order valence-electron chi connectivity index (χ2n) is 6.83. The number of carbonyl (C=O) groups is 3. The van der Waals surface area contributed by atoms with Gasteiger partial charge in [0.15, 0.2) is 0 Å². The molecule has 0 aliphatic carbocycles. The average molecular weight is 389 g/mol. The van der Waals surface area contributed by atoms with Gasteiger partial charge in [0.25, 0.3) is 11.8 Å². The van der Waals surface area contributed by atoms with Crippen LogP contribution in [0, 0.1) is 6.92 Å². The molecule has 29 heavy (non-hydrogen) atoms. The Hall–Kier alpha value is -3.87. The summed E-state index contributed by atoms with van der Waals surface area (Å²) in [6.07, 6.45) is 4.85. The van der Waals surface area contributed by atoms with Gasteiger partial charge in [-0.05, 0) is 42.8 Å². The molecule has 2 aromatic heterocycles. The van der Waals surface area contributed by atoms with Gasteiger partial charge >= 0.3 is 6.03 Å². The van der Waals surface area contributed by atoms with Gasteiger partial charge in [-0.2, -0.15) is 0 Å². The predicted molar refractivity (Wildman–Crippen MR) is 105 cm³/mol. The smallest absolute Gasteiger partial charge is 0.331 e. The fraction of sp³-hybridized carbons (Fsp3) is 0.136. The molecule has 3 heterocycles. The van der Waals surface area contributed by atoms with Crippen molar-refractivity contribution in [1.29, 1.82) is 0 Å². The number of nitrogens with one attached hydrogen (secondary N) is 1. The molecule has 1 aromatic carbocycles. The van der Waals surface area contributed by atoms with Gasteiger partial charge in [-0.3, -0.25) is 19.8 Å². The number of urea groups is 1. The molecular formula is C22H19N3O4. The Morgan fingerprint density at radius 2 is 1.79 bits per heavy atom. The van der Waals surface area contributed by atoms with Gasteiger partial charge in [0.2, 0.25) is 0 Å². The van der Waals surface area contributed by atoms with E-state index in [1.54, 1.807) is 12.1 Å². The number of nitrogens with zero attached hydrogens (tertiary/aromatic N) is 2. The fourth-order valence-electron chi connectivity index (χ4n) is 3.14. The number of barbiturate groups is 1. The molecule has 1 saturated heterocycles. The zero-order valence-electron chi connectivity index (χ0n) is 15.8. The lowest BCUT2D eigenvalue weighted by molar-refractivity contribution is -0.130. The van der Waals surface area contributed by atoms with Crippen LogP contribution in [-0.2, 0) is 22.7 Å². The van der Waals surface area contributed by atoms with Crippen LogP contribution in [0.5, 0.6) is 0 Å². The Kier molecular flexibility index (Phi) is 4.87. The highest BCUT2D eigenvalue weighted by molar-refractivity contribution is 6.30. The highest BCUT2D eigenvalue weighted by Crippen LogP contribution is 2.18. The summed E-state index contributed by atoms with van der Waals surface area (Å²) >= 11 is 0. The molecule has 0 saturated carbocycles. The number of aryl methyl sites for hydroxylation is 1. The van der Waals surface area contributed by atoms with E-state index >= 15 is 0 Å². The zero-order chi connectivity index (χ0) is 20.4. The second-order valence-corrected chi connectivity index (χ2v) is 6.83. The number of benzene rings is 1. The van der Waals surface area contributed by atoms with Crippen LogP contribution in [0.25, 0.3) is 6.08 Å². The van der Waals surface area contributed by atoms with Crippen molar-refractivity contribution in [2.24, 2.45) is 0 Å². The van der Waals surface area contributed by atoms with Gasteiger partial charge in [0.1, 0.15) is 11.3 Å². The molecule has 7 nitrogen and oxygen atoms in total. The quantitative estimate of drug-likeness (QED) is 0.537. The van der Waals surface area contributed by atoms with E-state index in [2.05, 4.69) is 5.32 Å². The number of aromatic nitrogens is 1. The van der Waals surface area contributed by atoms with E-state index in [9.17, 15) is 14.4 Å². The molecule has 146 valence electrons. The standard InChI is InChI=1S/C22H19N3O4/c1-15-6-8-16(9-7-15)13-24-10-2-4-17(24)12-19-20(26)23-22(28)25(21(19)27)14-18-5-3-11-29-18/h2-12H,13-14H2,1H3,(H,23,26,28). The molecule has 4 rings (SSSR count). The summed E-state index contributed by atoms with van der Waals surface area (Å²) in [5, 5.41) is 2.22. The van der Waals surface area contributed by atoms with Crippen LogP contribution in [-0.4, -0.2) is 27.3 Å². The lowest BCUT2D eigenvalue weighted by Gasteiger charge is -2.25. The van der Waals surface area contributed by atoms with Crippen LogP contribution >= 0.6 is 0 Å². The van der Waals surface area contributed by atoms with Gasteiger partial charge in [0.05, 0.1) is 12.8 Å². The van der Waals surface area contributed by atoms with Crippen molar-refractivity contribution in [3.8, 4) is 0 Å². The maximum absolute atomic E-state index is 12.8. The van der Waals surface area contributed by atoms with Gasteiger partial charge in [-0.1, -0.05) is 29.8 Å². The van der Waals surface area contributed by atoms with E-state index in [0.29, 0.717) is 18.0 Å². The van der Waals surface area contributed by atoms with Crippen molar-refractivity contribution in [2.45, 2.75) is 20.0 Å². The Labute approximate surface area is 167 Å². The Balaban J connectivity index is 1.60. The molecular weight excluding hydrogens is 370 g/mol. The van der Waals surface area contributed by atoms with Gasteiger partial charge in [0, 0.05) is 18.4 Å². The minimum atomic E-state index is -0.761.